The van der Waals surface area contributed by atoms with Gasteiger partial charge in [-0.2, -0.15) is 0 Å². The molecule has 2 aromatic carbocycles. The van der Waals surface area contributed by atoms with E-state index in [9.17, 15) is 18.0 Å². The molecule has 1 aromatic heterocycles. The van der Waals surface area contributed by atoms with E-state index in [1.165, 1.54) is 0 Å². The molecule has 2 amide bonds. The van der Waals surface area contributed by atoms with Gasteiger partial charge in [0.2, 0.25) is 17.7 Å². The van der Waals surface area contributed by atoms with Crippen molar-refractivity contribution in [3.63, 3.8) is 0 Å². The first-order chi connectivity index (χ1) is 19.5. The highest BCUT2D eigenvalue weighted by molar-refractivity contribution is 7.92. The lowest BCUT2D eigenvalue weighted by atomic mass is 9.95. The number of nitrogens with zero attached hydrogens (tertiary/aromatic N) is 2. The zero-order chi connectivity index (χ0) is 30.2. The largest absolute Gasteiger partial charge is 0.357 e. The molecule has 222 valence electrons. The van der Waals surface area contributed by atoms with Crippen LogP contribution in [0.3, 0.4) is 0 Å². The van der Waals surface area contributed by atoms with Crippen LogP contribution in [0.15, 0.2) is 57.9 Å². The molecule has 0 saturated carbocycles. The molecule has 0 aliphatic heterocycles. The molecule has 1 heterocycles. The minimum Gasteiger partial charge on any atom is -0.357 e. The molecule has 0 bridgehead atoms. The van der Waals surface area contributed by atoms with Crippen molar-refractivity contribution in [2.24, 2.45) is 5.92 Å². The van der Waals surface area contributed by atoms with Gasteiger partial charge >= 0.3 is 0 Å². The summed E-state index contributed by atoms with van der Waals surface area (Å²) in [5.74, 6) is -0.158. The fourth-order valence-electron chi connectivity index (χ4n) is 4.70. The number of likely N-dealkylation sites (N-methyl/N-ethyl adjacent to an activating group) is 1. The quantitative estimate of drug-likeness (QED) is 0.231. The predicted molar refractivity (Wildman–Crippen MR) is 161 cm³/mol. The standard InChI is InChI=1S/C31H42N4O5S/c1-7-9-10-15-28(36)35(29(21(3)8-2)30(37)32-6)20-24-16-18-25(19-17-24)26-13-11-12-14-27(26)41(38,39)34-31-22(4)23(5)33-40-31/h11-14,16-19,21,29,34H,7-10,15,20H2,1-6H3,(H,32,37). The molecule has 2 atom stereocenters. The number of anilines is 1. The lowest BCUT2D eigenvalue weighted by Gasteiger charge is -2.34. The monoisotopic (exact) mass is 582 g/mol. The molecular weight excluding hydrogens is 540 g/mol. The Bertz CT molecular complexity index is 1430. The molecule has 0 fully saturated rings. The maximum absolute atomic E-state index is 13.4. The summed E-state index contributed by atoms with van der Waals surface area (Å²) in [4.78, 5) is 28.1. The number of hydrogen-bond acceptors (Lipinski definition) is 6. The number of aromatic nitrogens is 1. The molecule has 9 nitrogen and oxygen atoms in total. The van der Waals surface area contributed by atoms with Gasteiger partial charge in [0, 0.05) is 31.1 Å². The number of rotatable bonds is 14. The van der Waals surface area contributed by atoms with Crippen LogP contribution in [0.5, 0.6) is 0 Å². The van der Waals surface area contributed by atoms with Gasteiger partial charge in [-0.05, 0) is 43.4 Å². The van der Waals surface area contributed by atoms with E-state index in [-0.39, 0.29) is 35.1 Å². The second kappa shape index (κ2) is 14.3. The number of unbranched alkanes of at least 4 members (excludes halogenated alkanes) is 2. The molecule has 0 radical (unpaired) electrons. The number of benzene rings is 2. The topological polar surface area (TPSA) is 122 Å². The molecule has 0 aliphatic carbocycles. The average molecular weight is 583 g/mol. The molecule has 0 spiro atoms. The van der Waals surface area contributed by atoms with Crippen LogP contribution in [0, 0.1) is 19.8 Å². The SMILES string of the molecule is CCCCCC(=O)N(Cc1ccc(-c2ccccc2S(=O)(=O)Nc2onc(C)c2C)cc1)C(C(=O)NC)C(C)CC. The first-order valence-electron chi connectivity index (χ1n) is 14.2. The molecule has 3 rings (SSSR count). The number of carbonyl (C=O) groups excluding carboxylic acids is 2. The van der Waals surface area contributed by atoms with E-state index in [0.29, 0.717) is 28.8 Å². The second-order valence-corrected chi connectivity index (χ2v) is 12.1. The number of carbonyl (C=O) groups is 2. The lowest BCUT2D eigenvalue weighted by molar-refractivity contribution is -0.143. The van der Waals surface area contributed by atoms with Crippen molar-refractivity contribution in [3.8, 4) is 11.1 Å². The van der Waals surface area contributed by atoms with Crippen LogP contribution in [0.1, 0.15) is 69.7 Å². The van der Waals surface area contributed by atoms with Crippen molar-refractivity contribution in [3.05, 3.63) is 65.4 Å². The second-order valence-electron chi connectivity index (χ2n) is 10.4. The van der Waals surface area contributed by atoms with Crippen LogP contribution in [0.4, 0.5) is 5.88 Å². The van der Waals surface area contributed by atoms with Crippen molar-refractivity contribution in [1.82, 2.24) is 15.4 Å². The van der Waals surface area contributed by atoms with E-state index < -0.39 is 16.1 Å². The van der Waals surface area contributed by atoms with E-state index in [4.69, 9.17) is 4.52 Å². The minimum absolute atomic E-state index is 0.0225. The van der Waals surface area contributed by atoms with Gasteiger partial charge in [-0.3, -0.25) is 9.59 Å². The Morgan fingerprint density at radius 1 is 1.02 bits per heavy atom. The van der Waals surface area contributed by atoms with E-state index in [1.54, 1.807) is 50.1 Å². The van der Waals surface area contributed by atoms with Crippen molar-refractivity contribution in [1.29, 1.82) is 0 Å². The van der Waals surface area contributed by atoms with Gasteiger partial charge in [-0.25, -0.2) is 13.1 Å². The summed E-state index contributed by atoms with van der Waals surface area (Å²) < 4.78 is 34.3. The van der Waals surface area contributed by atoms with Crippen molar-refractivity contribution in [2.75, 3.05) is 11.8 Å². The van der Waals surface area contributed by atoms with E-state index in [0.717, 1.165) is 31.2 Å². The molecule has 0 saturated heterocycles. The number of aryl methyl sites for hydroxylation is 1. The summed E-state index contributed by atoms with van der Waals surface area (Å²) in [6.07, 6.45) is 3.87. The number of nitrogens with one attached hydrogen (secondary N) is 2. The summed E-state index contributed by atoms with van der Waals surface area (Å²) in [6.45, 7) is 9.85. The third kappa shape index (κ3) is 7.75. The molecule has 10 heteroatoms. The van der Waals surface area contributed by atoms with Gasteiger partial charge in [0.1, 0.15) is 6.04 Å². The Kier molecular flexibility index (Phi) is 11.1. The highest BCUT2D eigenvalue weighted by Gasteiger charge is 2.33. The molecular formula is C31H42N4O5S. The zero-order valence-corrected chi connectivity index (χ0v) is 25.7. The van der Waals surface area contributed by atoms with Crippen molar-refractivity contribution >= 4 is 27.7 Å². The van der Waals surface area contributed by atoms with E-state index in [2.05, 4.69) is 22.1 Å². The molecule has 2 unspecified atom stereocenters. The molecule has 3 aromatic rings. The summed E-state index contributed by atoms with van der Waals surface area (Å²) in [7, 11) is -2.38. The Hall–Kier alpha value is -3.66. The Labute approximate surface area is 243 Å². The highest BCUT2D eigenvalue weighted by Crippen LogP contribution is 2.30. The van der Waals surface area contributed by atoms with Crippen LogP contribution >= 0.6 is 0 Å². The third-order valence-corrected chi connectivity index (χ3v) is 8.92. The average Bonchev–Trinajstić information content (AvgIpc) is 3.28. The third-order valence-electron chi connectivity index (χ3n) is 7.53. The fraction of sp³-hybridized carbons (Fsp3) is 0.452. The summed E-state index contributed by atoms with van der Waals surface area (Å²) in [5.41, 5.74) is 3.30. The maximum atomic E-state index is 13.4. The summed E-state index contributed by atoms with van der Waals surface area (Å²) in [6, 6.07) is 13.6. The Morgan fingerprint density at radius 2 is 1.71 bits per heavy atom. The van der Waals surface area contributed by atoms with Crippen LogP contribution in [-0.2, 0) is 26.2 Å². The van der Waals surface area contributed by atoms with Crippen molar-refractivity contribution in [2.45, 2.75) is 84.2 Å². The molecule has 2 N–H and O–H groups in total. The highest BCUT2D eigenvalue weighted by atomic mass is 32.2. The van der Waals surface area contributed by atoms with Gasteiger partial charge in [0.25, 0.3) is 10.0 Å². The minimum atomic E-state index is -3.97. The first kappa shape index (κ1) is 31.9. The number of sulfonamides is 1. The van der Waals surface area contributed by atoms with Crippen LogP contribution in [-0.4, -0.2) is 43.4 Å². The number of amides is 2. The molecule has 41 heavy (non-hydrogen) atoms. The zero-order valence-electron chi connectivity index (χ0n) is 24.9. The van der Waals surface area contributed by atoms with Gasteiger partial charge < -0.3 is 14.7 Å². The summed E-state index contributed by atoms with van der Waals surface area (Å²) >= 11 is 0. The van der Waals surface area contributed by atoms with Gasteiger partial charge in [-0.1, -0.05) is 87.7 Å². The van der Waals surface area contributed by atoms with Gasteiger partial charge in [-0.15, -0.1) is 0 Å². The maximum Gasteiger partial charge on any atom is 0.264 e. The van der Waals surface area contributed by atoms with Crippen LogP contribution in [0.25, 0.3) is 11.1 Å². The molecule has 0 aliphatic rings. The van der Waals surface area contributed by atoms with Gasteiger partial charge in [0.05, 0.1) is 10.6 Å². The van der Waals surface area contributed by atoms with Crippen LogP contribution in [0.2, 0.25) is 0 Å². The Morgan fingerprint density at radius 3 is 2.29 bits per heavy atom. The normalized spacial score (nSPS) is 12.9. The van der Waals surface area contributed by atoms with E-state index in [1.807, 2.05) is 38.1 Å². The first-order valence-corrected chi connectivity index (χ1v) is 15.7. The predicted octanol–water partition coefficient (Wildman–Crippen LogP) is 5.83. The number of hydrogen-bond donors (Lipinski definition) is 2. The fourth-order valence-corrected chi connectivity index (χ4v) is 5.98. The van der Waals surface area contributed by atoms with Crippen LogP contribution < -0.4 is 10.0 Å². The Balaban J connectivity index is 1.92. The lowest BCUT2D eigenvalue weighted by Crippen LogP contribution is -2.51. The smallest absolute Gasteiger partial charge is 0.264 e. The van der Waals surface area contributed by atoms with Crippen molar-refractivity contribution < 1.29 is 22.5 Å². The summed E-state index contributed by atoms with van der Waals surface area (Å²) in [5, 5.41) is 6.57. The van der Waals surface area contributed by atoms with Gasteiger partial charge in [0.15, 0.2) is 0 Å². The van der Waals surface area contributed by atoms with E-state index >= 15 is 0 Å².